The van der Waals surface area contributed by atoms with Crippen molar-refractivity contribution < 1.29 is 14.3 Å². The van der Waals surface area contributed by atoms with Crippen molar-refractivity contribution in [3.63, 3.8) is 0 Å². The fourth-order valence-electron chi connectivity index (χ4n) is 4.91. The van der Waals surface area contributed by atoms with Gasteiger partial charge in [-0.05, 0) is 31.7 Å². The molecule has 0 spiro atoms. The van der Waals surface area contributed by atoms with Crippen LogP contribution in [0.15, 0.2) is 35.5 Å². The highest BCUT2D eigenvalue weighted by molar-refractivity contribution is 7.99. The Balaban J connectivity index is 1.42. The first-order valence-corrected chi connectivity index (χ1v) is 14.4. The first kappa shape index (κ1) is 26.4. The maximum atomic E-state index is 12.9. The van der Waals surface area contributed by atoms with Gasteiger partial charge in [-0.3, -0.25) is 4.79 Å². The number of benzene rings is 1. The minimum Gasteiger partial charge on any atom is -0.465 e. The highest BCUT2D eigenvalue weighted by Crippen LogP contribution is 2.40. The molecule has 0 unspecified atom stereocenters. The number of carbonyl (C=O) groups excluding carboxylic acids is 2. The third-order valence-corrected chi connectivity index (χ3v) is 8.72. The SMILES string of the molecule is CCn1c(CCC2CCCCC2)nnc1SCC(=O)Nc1sc(C)c(-c2ccccc2)c1C(=O)OC. The summed E-state index contributed by atoms with van der Waals surface area (Å²) in [5.74, 6) is 1.32. The number of hydrogen-bond acceptors (Lipinski definition) is 7. The largest absolute Gasteiger partial charge is 0.465 e. The summed E-state index contributed by atoms with van der Waals surface area (Å²) in [5, 5.41) is 13.0. The smallest absolute Gasteiger partial charge is 0.341 e. The van der Waals surface area contributed by atoms with Crippen molar-refractivity contribution in [3.05, 3.63) is 46.6 Å². The van der Waals surface area contributed by atoms with Crippen molar-refractivity contribution in [2.75, 3.05) is 18.2 Å². The number of thiophene rings is 1. The van der Waals surface area contributed by atoms with Crippen LogP contribution in [-0.2, 0) is 22.5 Å². The Morgan fingerprint density at radius 2 is 1.92 bits per heavy atom. The number of carbonyl (C=O) groups is 2. The number of hydrogen-bond donors (Lipinski definition) is 1. The number of methoxy groups -OCH3 is 1. The molecule has 2 heterocycles. The third-order valence-electron chi connectivity index (χ3n) is 6.73. The number of aryl methyl sites for hydroxylation is 2. The topological polar surface area (TPSA) is 86.1 Å². The molecule has 36 heavy (non-hydrogen) atoms. The summed E-state index contributed by atoms with van der Waals surface area (Å²) in [6.07, 6.45) is 8.78. The van der Waals surface area contributed by atoms with E-state index in [9.17, 15) is 9.59 Å². The van der Waals surface area contributed by atoms with Gasteiger partial charge < -0.3 is 14.6 Å². The van der Waals surface area contributed by atoms with Crippen LogP contribution in [-0.4, -0.2) is 39.5 Å². The van der Waals surface area contributed by atoms with Crippen LogP contribution in [0.2, 0.25) is 0 Å². The van der Waals surface area contributed by atoms with Crippen LogP contribution >= 0.6 is 23.1 Å². The van der Waals surface area contributed by atoms with Gasteiger partial charge in [0.05, 0.1) is 12.9 Å². The predicted molar refractivity (Wildman–Crippen MR) is 146 cm³/mol. The van der Waals surface area contributed by atoms with E-state index in [4.69, 9.17) is 4.74 Å². The minimum atomic E-state index is -0.463. The maximum absolute atomic E-state index is 12.9. The molecule has 3 aromatic rings. The zero-order valence-electron chi connectivity index (χ0n) is 21.2. The standard InChI is InChI=1S/C27H34N4O3S2/c1-4-31-21(16-15-19-11-7-5-8-12-19)29-30-27(31)35-17-22(32)28-25-24(26(33)34-3)23(18(2)36-25)20-13-9-6-10-14-20/h6,9-10,13-14,19H,4-5,7-8,11-12,15-17H2,1-3H3,(H,28,32). The zero-order chi connectivity index (χ0) is 25.5. The molecule has 1 saturated carbocycles. The third kappa shape index (κ3) is 6.18. The van der Waals surface area contributed by atoms with Gasteiger partial charge in [0, 0.05) is 23.4 Å². The molecule has 1 amide bonds. The van der Waals surface area contributed by atoms with Crippen molar-refractivity contribution in [2.45, 2.75) is 70.5 Å². The lowest BCUT2D eigenvalue weighted by Crippen LogP contribution is -2.16. The number of aromatic nitrogens is 3. The molecule has 7 nitrogen and oxygen atoms in total. The molecular weight excluding hydrogens is 492 g/mol. The highest BCUT2D eigenvalue weighted by Gasteiger charge is 2.25. The van der Waals surface area contributed by atoms with Crippen molar-refractivity contribution in [1.29, 1.82) is 0 Å². The summed E-state index contributed by atoms with van der Waals surface area (Å²) >= 11 is 2.76. The van der Waals surface area contributed by atoms with Crippen molar-refractivity contribution in [3.8, 4) is 11.1 Å². The van der Waals surface area contributed by atoms with Crippen LogP contribution in [0, 0.1) is 12.8 Å². The number of amides is 1. The van der Waals surface area contributed by atoms with E-state index in [1.165, 1.54) is 62.3 Å². The average Bonchev–Trinajstić information content (AvgIpc) is 3.46. The number of ether oxygens (including phenoxy) is 1. The Hall–Kier alpha value is -2.65. The number of nitrogens with zero attached hydrogens (tertiary/aromatic N) is 3. The van der Waals surface area contributed by atoms with Gasteiger partial charge in [0.2, 0.25) is 5.91 Å². The lowest BCUT2D eigenvalue weighted by Gasteiger charge is -2.21. The van der Waals surface area contributed by atoms with Crippen molar-refractivity contribution in [1.82, 2.24) is 14.8 Å². The van der Waals surface area contributed by atoms with E-state index < -0.39 is 5.97 Å². The number of esters is 1. The van der Waals surface area contributed by atoms with Gasteiger partial charge in [-0.25, -0.2) is 4.79 Å². The lowest BCUT2D eigenvalue weighted by atomic mass is 9.86. The molecule has 1 aliphatic carbocycles. The molecule has 1 aromatic carbocycles. The summed E-state index contributed by atoms with van der Waals surface area (Å²) in [4.78, 5) is 26.5. The molecule has 0 radical (unpaired) electrons. The monoisotopic (exact) mass is 526 g/mol. The van der Waals surface area contributed by atoms with E-state index in [1.54, 1.807) is 0 Å². The second-order valence-electron chi connectivity index (χ2n) is 9.12. The van der Waals surface area contributed by atoms with Gasteiger partial charge in [0.1, 0.15) is 16.4 Å². The molecule has 0 bridgehead atoms. The molecule has 4 rings (SSSR count). The van der Waals surface area contributed by atoms with Gasteiger partial charge in [-0.2, -0.15) is 0 Å². The van der Waals surface area contributed by atoms with Crippen LogP contribution in [0.5, 0.6) is 0 Å². The quantitative estimate of drug-likeness (QED) is 0.244. The summed E-state index contributed by atoms with van der Waals surface area (Å²) in [7, 11) is 1.36. The molecule has 1 N–H and O–H groups in total. The van der Waals surface area contributed by atoms with Crippen LogP contribution in [0.3, 0.4) is 0 Å². The number of rotatable bonds is 10. The summed E-state index contributed by atoms with van der Waals surface area (Å²) in [6, 6.07) is 9.68. The Morgan fingerprint density at radius 1 is 1.17 bits per heavy atom. The molecule has 1 fully saturated rings. The number of nitrogens with one attached hydrogen (secondary N) is 1. The zero-order valence-corrected chi connectivity index (χ0v) is 22.8. The molecule has 2 aromatic heterocycles. The second-order valence-corrected chi connectivity index (χ2v) is 11.3. The van der Waals surface area contributed by atoms with Crippen LogP contribution in [0.1, 0.15) is 66.5 Å². The number of anilines is 1. The van der Waals surface area contributed by atoms with Gasteiger partial charge in [-0.15, -0.1) is 21.5 Å². The van der Waals surface area contributed by atoms with Crippen molar-refractivity contribution in [2.24, 2.45) is 5.92 Å². The summed E-state index contributed by atoms with van der Waals surface area (Å²) in [6.45, 7) is 4.80. The van der Waals surface area contributed by atoms with Crippen LogP contribution < -0.4 is 5.32 Å². The molecule has 0 saturated heterocycles. The first-order valence-electron chi connectivity index (χ1n) is 12.6. The highest BCUT2D eigenvalue weighted by atomic mass is 32.2. The fourth-order valence-corrected chi connectivity index (χ4v) is 6.81. The van der Waals surface area contributed by atoms with Gasteiger partial charge in [0.25, 0.3) is 0 Å². The van der Waals surface area contributed by atoms with Crippen molar-refractivity contribution >= 4 is 40.0 Å². The van der Waals surface area contributed by atoms with Gasteiger partial charge in [0.15, 0.2) is 5.16 Å². The van der Waals surface area contributed by atoms with Gasteiger partial charge >= 0.3 is 5.97 Å². The Labute approximate surface area is 221 Å². The molecule has 0 atom stereocenters. The van der Waals surface area contributed by atoms with Crippen LogP contribution in [0.4, 0.5) is 5.00 Å². The summed E-state index contributed by atoms with van der Waals surface area (Å²) in [5.41, 5.74) is 2.10. The molecule has 9 heteroatoms. The van der Waals surface area contributed by atoms with E-state index in [-0.39, 0.29) is 11.7 Å². The van der Waals surface area contributed by atoms with E-state index in [1.807, 2.05) is 37.3 Å². The minimum absolute atomic E-state index is 0.180. The van der Waals surface area contributed by atoms with E-state index in [0.29, 0.717) is 10.6 Å². The molecule has 0 aliphatic heterocycles. The van der Waals surface area contributed by atoms with E-state index in [0.717, 1.165) is 52.3 Å². The lowest BCUT2D eigenvalue weighted by molar-refractivity contribution is -0.113. The van der Waals surface area contributed by atoms with Gasteiger partial charge in [-0.1, -0.05) is 74.2 Å². The molecule has 192 valence electrons. The Morgan fingerprint density at radius 3 is 2.61 bits per heavy atom. The predicted octanol–water partition coefficient (Wildman–Crippen LogP) is 6.37. The molecular formula is C27H34N4O3S2. The Kier molecular flexibility index (Phi) is 9.20. The Bertz CT molecular complexity index is 1180. The maximum Gasteiger partial charge on any atom is 0.341 e. The second kappa shape index (κ2) is 12.5. The number of thioether (sulfide) groups is 1. The summed E-state index contributed by atoms with van der Waals surface area (Å²) < 4.78 is 7.17. The first-order chi connectivity index (χ1) is 17.5. The normalized spacial score (nSPS) is 14.1. The fraction of sp³-hybridized carbons (Fsp3) is 0.481. The average molecular weight is 527 g/mol. The van der Waals surface area contributed by atoms with E-state index in [2.05, 4.69) is 27.0 Å². The van der Waals surface area contributed by atoms with E-state index >= 15 is 0 Å². The molecule has 1 aliphatic rings. The van der Waals surface area contributed by atoms with Crippen LogP contribution in [0.25, 0.3) is 11.1 Å².